The highest BCUT2D eigenvalue weighted by atomic mass is 19.3. The van der Waals surface area contributed by atoms with Gasteiger partial charge in [0.2, 0.25) is 5.91 Å². The molecule has 67 heavy (non-hydrogen) atoms. The van der Waals surface area contributed by atoms with E-state index in [2.05, 4.69) is 78.8 Å². The number of benzene rings is 2. The molecule has 0 N–H and O–H groups in total. The van der Waals surface area contributed by atoms with Gasteiger partial charge in [0.25, 0.3) is 6.43 Å². The van der Waals surface area contributed by atoms with Crippen LogP contribution in [0.1, 0.15) is 113 Å². The summed E-state index contributed by atoms with van der Waals surface area (Å²) in [5.41, 5.74) is 6.96. The number of alkyl halides is 2. The highest BCUT2D eigenvalue weighted by Gasteiger charge is 2.44. The maximum atomic E-state index is 14.8. The molecule has 1 spiro atoms. The van der Waals surface area contributed by atoms with Crippen LogP contribution in [0.3, 0.4) is 0 Å². The molecule has 4 fully saturated rings. The number of piperidine rings is 2. The molecule has 1 atom stereocenters. The number of para-hydroxylation sites is 1. The monoisotopic (exact) mass is 914 g/mol. The molecular weight excluding hydrogens is 849 g/mol. The van der Waals surface area contributed by atoms with Gasteiger partial charge in [0.05, 0.1) is 31.0 Å². The third-order valence-corrected chi connectivity index (χ3v) is 16.2. The number of nitrogens with zero attached hydrogens (tertiary/aromatic N) is 11. The molecule has 8 heterocycles. The van der Waals surface area contributed by atoms with Crippen molar-refractivity contribution >= 4 is 34.7 Å². The molecule has 1 amide bonds. The normalized spacial score (nSPS) is 23.3. The van der Waals surface area contributed by atoms with Crippen molar-refractivity contribution in [2.24, 2.45) is 12.5 Å². The number of ether oxygens (including phenoxy) is 1. The van der Waals surface area contributed by atoms with Gasteiger partial charge in [-0.25, -0.2) is 8.78 Å². The number of amides is 1. The van der Waals surface area contributed by atoms with E-state index in [9.17, 15) is 13.6 Å². The number of rotatable bonds is 9. The molecule has 3 saturated heterocycles. The third kappa shape index (κ3) is 8.65. The van der Waals surface area contributed by atoms with Gasteiger partial charge in [0.1, 0.15) is 0 Å². The number of hydrogen-bond donors (Lipinski definition) is 0. The van der Waals surface area contributed by atoms with Crippen molar-refractivity contribution in [3.8, 4) is 11.1 Å². The van der Waals surface area contributed by atoms with E-state index < -0.39 is 6.43 Å². The van der Waals surface area contributed by atoms with E-state index >= 15 is 0 Å². The summed E-state index contributed by atoms with van der Waals surface area (Å²) in [6.45, 7) is 10.8. The van der Waals surface area contributed by atoms with Crippen molar-refractivity contribution in [1.29, 1.82) is 0 Å². The standard InChI is InChI=1S/C52H65F2N11O2/c1-35-30-52(34-64(35)39-9-5-4-6-10-39)20-26-61(27-21-52)49-16-15-48(56-57-49)60-23-17-42(18-24-60)67-41-13-11-40(12-14-41)65-46-19-25-62(36(2)66)33-45(46)51(58-65)63-22-7-8-37-28-43(38-31-55-59(3)32-38)44(50(53)54)29-47(37)63/h4-6,9-10,15-16,28-29,31-32,35,40-42,50H,7-8,11-14,17-27,30,33-34H2,1-3H3/t35-,40?,41?/m0/s1. The lowest BCUT2D eigenvalue weighted by Crippen LogP contribution is -2.42. The second kappa shape index (κ2) is 18.2. The molecule has 5 aromatic rings. The first-order valence-corrected chi connectivity index (χ1v) is 25.0. The number of aryl methyl sites for hydroxylation is 2. The quantitative estimate of drug-likeness (QED) is 0.142. The van der Waals surface area contributed by atoms with Crippen LogP contribution in [-0.2, 0) is 36.0 Å². The third-order valence-electron chi connectivity index (χ3n) is 16.2. The van der Waals surface area contributed by atoms with E-state index in [1.54, 1.807) is 37.1 Å². The predicted octanol–water partition coefficient (Wildman–Crippen LogP) is 9.05. The van der Waals surface area contributed by atoms with Crippen LogP contribution in [0.15, 0.2) is 67.0 Å². The Kier molecular flexibility index (Phi) is 11.9. The Balaban J connectivity index is 0.703. The van der Waals surface area contributed by atoms with Crippen LogP contribution < -0.4 is 19.6 Å². The fourth-order valence-electron chi connectivity index (χ4n) is 12.5. The zero-order valence-electron chi connectivity index (χ0n) is 39.4. The Hall–Kier alpha value is -5.57. The number of anilines is 5. The van der Waals surface area contributed by atoms with Gasteiger partial charge in [-0.2, -0.15) is 10.2 Å². The van der Waals surface area contributed by atoms with Crippen molar-refractivity contribution in [2.45, 2.75) is 128 Å². The molecule has 15 heteroatoms. The van der Waals surface area contributed by atoms with E-state index in [1.165, 1.54) is 30.6 Å². The lowest BCUT2D eigenvalue weighted by Gasteiger charge is -2.40. The summed E-state index contributed by atoms with van der Waals surface area (Å²) in [4.78, 5) is 24.1. The summed E-state index contributed by atoms with van der Waals surface area (Å²) in [5.74, 6) is 2.77. The van der Waals surface area contributed by atoms with E-state index in [4.69, 9.17) is 20.0 Å². The van der Waals surface area contributed by atoms with Crippen molar-refractivity contribution in [1.82, 2.24) is 34.7 Å². The Morgan fingerprint density at radius 1 is 0.851 bits per heavy atom. The molecule has 11 rings (SSSR count). The van der Waals surface area contributed by atoms with E-state index in [-0.39, 0.29) is 29.7 Å². The molecule has 2 aromatic carbocycles. The Bertz CT molecular complexity index is 2540. The minimum Gasteiger partial charge on any atom is -0.375 e. The smallest absolute Gasteiger partial charge is 0.264 e. The van der Waals surface area contributed by atoms with Crippen molar-refractivity contribution < 1.29 is 18.3 Å². The minimum atomic E-state index is -2.65. The number of hydrogen-bond acceptors (Lipinski definition) is 10. The first kappa shape index (κ1) is 44.0. The van der Waals surface area contributed by atoms with Crippen molar-refractivity contribution in [3.05, 3.63) is 89.4 Å². The van der Waals surface area contributed by atoms with Gasteiger partial charge in [0, 0.05) is 112 Å². The van der Waals surface area contributed by atoms with Gasteiger partial charge in [-0.05, 0) is 130 Å². The van der Waals surface area contributed by atoms with Crippen LogP contribution in [0.2, 0.25) is 0 Å². The van der Waals surface area contributed by atoms with Crippen LogP contribution >= 0.6 is 0 Å². The Morgan fingerprint density at radius 3 is 2.24 bits per heavy atom. The topological polar surface area (TPSA) is 104 Å². The zero-order valence-corrected chi connectivity index (χ0v) is 39.4. The summed E-state index contributed by atoms with van der Waals surface area (Å²) in [7, 11) is 1.80. The molecular formula is C52H65F2N11O2. The maximum Gasteiger partial charge on any atom is 0.264 e. The average molecular weight is 914 g/mol. The molecule has 354 valence electrons. The number of fused-ring (bicyclic) bond motifs is 2. The number of aromatic nitrogens is 6. The van der Waals surface area contributed by atoms with Crippen LogP contribution in [0.25, 0.3) is 11.1 Å². The summed E-state index contributed by atoms with van der Waals surface area (Å²) in [5, 5.41) is 19.1. The summed E-state index contributed by atoms with van der Waals surface area (Å²) >= 11 is 0. The zero-order chi connectivity index (χ0) is 45.8. The number of halogens is 2. The average Bonchev–Trinajstić information content (AvgIpc) is 4.06. The number of carbonyl (C=O) groups is 1. The highest BCUT2D eigenvalue weighted by molar-refractivity contribution is 5.78. The van der Waals surface area contributed by atoms with Crippen LogP contribution in [-0.4, -0.2) is 105 Å². The predicted molar refractivity (Wildman–Crippen MR) is 257 cm³/mol. The molecule has 1 aliphatic carbocycles. The summed E-state index contributed by atoms with van der Waals surface area (Å²) < 4.78 is 40.2. The Morgan fingerprint density at radius 2 is 1.57 bits per heavy atom. The van der Waals surface area contributed by atoms with Gasteiger partial charge >= 0.3 is 0 Å². The van der Waals surface area contributed by atoms with Gasteiger partial charge in [-0.15, -0.1) is 10.2 Å². The van der Waals surface area contributed by atoms with E-state index in [1.807, 2.05) is 11.0 Å². The number of carbonyl (C=O) groups excluding carboxylic acids is 1. The second-order valence-electron chi connectivity index (χ2n) is 20.4. The van der Waals surface area contributed by atoms with Crippen molar-refractivity contribution in [2.75, 3.05) is 65.4 Å². The molecule has 13 nitrogen and oxygen atoms in total. The minimum absolute atomic E-state index is 0.000229. The van der Waals surface area contributed by atoms with Gasteiger partial charge < -0.3 is 29.2 Å². The molecule has 0 bridgehead atoms. The SMILES string of the molecule is CC(=O)N1CCc2c(c(N3CCCc4cc(-c5cnn(C)c5)c(C(F)F)cc43)nn2C2CCC(OC3CCN(c4ccc(N5CCC6(CC5)C[C@H](C)N(c5ccccc5)C6)nn4)CC3)CC2)C1. The van der Waals surface area contributed by atoms with Crippen LogP contribution in [0.4, 0.5) is 37.6 Å². The lowest BCUT2D eigenvalue weighted by molar-refractivity contribution is -0.129. The maximum absolute atomic E-state index is 14.8. The van der Waals surface area contributed by atoms with Gasteiger partial charge in [0.15, 0.2) is 17.5 Å². The van der Waals surface area contributed by atoms with Crippen LogP contribution in [0.5, 0.6) is 0 Å². The van der Waals surface area contributed by atoms with Gasteiger partial charge in [-0.1, -0.05) is 18.2 Å². The lowest BCUT2D eigenvalue weighted by atomic mass is 9.77. The fraction of sp³-hybridized carbons (Fsp3) is 0.558. The molecule has 6 aliphatic rings. The first-order chi connectivity index (χ1) is 32.6. The van der Waals surface area contributed by atoms with Crippen molar-refractivity contribution in [3.63, 3.8) is 0 Å². The van der Waals surface area contributed by atoms with Gasteiger partial charge in [-0.3, -0.25) is 14.2 Å². The fourth-order valence-corrected chi connectivity index (χ4v) is 12.5. The highest BCUT2D eigenvalue weighted by Crippen LogP contribution is 2.47. The molecule has 5 aliphatic heterocycles. The largest absolute Gasteiger partial charge is 0.375 e. The molecule has 0 radical (unpaired) electrons. The van der Waals surface area contributed by atoms with Crippen LogP contribution in [0, 0.1) is 5.41 Å². The van der Waals surface area contributed by atoms with E-state index in [0.29, 0.717) is 42.2 Å². The molecule has 1 saturated carbocycles. The second-order valence-corrected chi connectivity index (χ2v) is 20.4. The summed E-state index contributed by atoms with van der Waals surface area (Å²) in [6, 6.07) is 19.6. The molecule has 3 aromatic heterocycles. The molecule has 0 unspecified atom stereocenters. The summed E-state index contributed by atoms with van der Waals surface area (Å²) in [6.07, 6.45) is 13.0. The first-order valence-electron chi connectivity index (χ1n) is 25.0. The Labute approximate surface area is 393 Å². The van der Waals surface area contributed by atoms with E-state index in [0.717, 1.165) is 125 Å².